The van der Waals surface area contributed by atoms with Crippen molar-refractivity contribution in [1.82, 2.24) is 5.32 Å². The number of hydrogen-bond donors (Lipinski definition) is 2. The molecule has 0 aliphatic heterocycles. The SMILES string of the molecule is CCCOc1cccc(C(=O)NC(=S)Nc2ccc(Cl)cc2Cl)c1. The summed E-state index contributed by atoms with van der Waals surface area (Å²) in [5.41, 5.74) is 1.02. The molecule has 126 valence electrons. The normalized spacial score (nSPS) is 10.1. The number of benzene rings is 2. The summed E-state index contributed by atoms with van der Waals surface area (Å²) in [6, 6.07) is 11.9. The standard InChI is InChI=1S/C17H16Cl2N2O2S/c1-2-8-23-13-5-3-4-11(9-13)16(22)21-17(24)20-15-7-6-12(18)10-14(15)19/h3-7,9-10H,2,8H2,1H3,(H2,20,21,22,24). The van der Waals surface area contributed by atoms with Crippen molar-refractivity contribution in [1.29, 1.82) is 0 Å². The van der Waals surface area contributed by atoms with E-state index < -0.39 is 0 Å². The lowest BCUT2D eigenvalue weighted by Crippen LogP contribution is -2.34. The van der Waals surface area contributed by atoms with Crippen LogP contribution in [0, 0.1) is 0 Å². The van der Waals surface area contributed by atoms with Gasteiger partial charge in [-0.3, -0.25) is 10.1 Å². The van der Waals surface area contributed by atoms with Crippen LogP contribution in [0.2, 0.25) is 10.0 Å². The van der Waals surface area contributed by atoms with Gasteiger partial charge in [-0.05, 0) is 55.0 Å². The van der Waals surface area contributed by atoms with E-state index >= 15 is 0 Å². The molecule has 24 heavy (non-hydrogen) atoms. The third-order valence-corrected chi connectivity index (χ3v) is 3.73. The Kier molecular flexibility index (Phi) is 6.85. The first-order chi connectivity index (χ1) is 11.5. The zero-order chi connectivity index (χ0) is 17.5. The summed E-state index contributed by atoms with van der Waals surface area (Å²) < 4.78 is 5.52. The Morgan fingerprint density at radius 2 is 2.00 bits per heavy atom. The molecule has 2 N–H and O–H groups in total. The average molecular weight is 383 g/mol. The Morgan fingerprint density at radius 3 is 2.71 bits per heavy atom. The van der Waals surface area contributed by atoms with Crippen molar-refractivity contribution in [2.24, 2.45) is 0 Å². The summed E-state index contributed by atoms with van der Waals surface area (Å²) in [7, 11) is 0. The van der Waals surface area contributed by atoms with Crippen LogP contribution in [-0.2, 0) is 0 Å². The predicted molar refractivity (Wildman–Crippen MR) is 102 cm³/mol. The molecule has 0 fully saturated rings. The molecule has 0 aliphatic carbocycles. The van der Waals surface area contributed by atoms with Gasteiger partial charge in [-0.25, -0.2) is 0 Å². The second-order valence-corrected chi connectivity index (χ2v) is 6.16. The van der Waals surface area contributed by atoms with Crippen molar-refractivity contribution >= 4 is 52.1 Å². The van der Waals surface area contributed by atoms with Gasteiger partial charge in [0.1, 0.15) is 5.75 Å². The zero-order valence-electron chi connectivity index (χ0n) is 12.9. The maximum Gasteiger partial charge on any atom is 0.257 e. The van der Waals surface area contributed by atoms with Crippen LogP contribution in [-0.4, -0.2) is 17.6 Å². The highest BCUT2D eigenvalue weighted by Gasteiger charge is 2.10. The van der Waals surface area contributed by atoms with Crippen LogP contribution in [0.15, 0.2) is 42.5 Å². The van der Waals surface area contributed by atoms with Crippen LogP contribution in [0.1, 0.15) is 23.7 Å². The van der Waals surface area contributed by atoms with Gasteiger partial charge in [-0.15, -0.1) is 0 Å². The Labute approximate surface area is 156 Å². The Hall–Kier alpha value is -1.82. The van der Waals surface area contributed by atoms with Gasteiger partial charge < -0.3 is 10.1 Å². The average Bonchev–Trinajstić information content (AvgIpc) is 2.55. The molecule has 7 heteroatoms. The Morgan fingerprint density at radius 1 is 1.21 bits per heavy atom. The number of nitrogens with one attached hydrogen (secondary N) is 2. The molecule has 0 spiro atoms. The number of rotatable bonds is 5. The second-order valence-electron chi connectivity index (χ2n) is 4.91. The van der Waals surface area contributed by atoms with E-state index in [4.69, 9.17) is 40.2 Å². The summed E-state index contributed by atoms with van der Waals surface area (Å²) in [6.07, 6.45) is 0.895. The number of anilines is 1. The third kappa shape index (κ3) is 5.37. The van der Waals surface area contributed by atoms with Crippen molar-refractivity contribution in [2.45, 2.75) is 13.3 Å². The Bertz CT molecular complexity index is 753. The number of carbonyl (C=O) groups is 1. The number of ether oxygens (including phenoxy) is 1. The van der Waals surface area contributed by atoms with Crippen molar-refractivity contribution < 1.29 is 9.53 Å². The van der Waals surface area contributed by atoms with Crippen molar-refractivity contribution in [3.63, 3.8) is 0 Å². The van der Waals surface area contributed by atoms with Crippen molar-refractivity contribution in [3.05, 3.63) is 58.1 Å². The maximum absolute atomic E-state index is 12.3. The molecule has 0 saturated carbocycles. The fourth-order valence-corrected chi connectivity index (χ4v) is 2.53. The minimum absolute atomic E-state index is 0.143. The van der Waals surface area contributed by atoms with Crippen LogP contribution in [0.4, 0.5) is 5.69 Å². The van der Waals surface area contributed by atoms with Gasteiger partial charge in [0.25, 0.3) is 5.91 Å². The minimum atomic E-state index is -0.334. The highest BCUT2D eigenvalue weighted by atomic mass is 35.5. The molecule has 0 aromatic heterocycles. The van der Waals surface area contributed by atoms with Crippen molar-refractivity contribution in [3.8, 4) is 5.75 Å². The lowest BCUT2D eigenvalue weighted by Gasteiger charge is -2.12. The molecule has 0 heterocycles. The quantitative estimate of drug-likeness (QED) is 0.721. The predicted octanol–water partition coefficient (Wildman–Crippen LogP) is 4.91. The van der Waals surface area contributed by atoms with E-state index in [1.54, 1.807) is 42.5 Å². The van der Waals surface area contributed by atoms with Gasteiger partial charge in [0.2, 0.25) is 0 Å². The molecule has 0 atom stereocenters. The number of amides is 1. The van der Waals surface area contributed by atoms with Gasteiger partial charge in [0.05, 0.1) is 17.3 Å². The highest BCUT2D eigenvalue weighted by molar-refractivity contribution is 7.80. The largest absolute Gasteiger partial charge is 0.494 e. The fraction of sp³-hybridized carbons (Fsp3) is 0.176. The van der Waals surface area contributed by atoms with Gasteiger partial charge in [-0.2, -0.15) is 0 Å². The van der Waals surface area contributed by atoms with E-state index in [0.717, 1.165) is 6.42 Å². The first-order valence-corrected chi connectivity index (χ1v) is 8.46. The third-order valence-electron chi connectivity index (χ3n) is 2.98. The molecule has 0 unspecified atom stereocenters. The van der Waals surface area contributed by atoms with Gasteiger partial charge >= 0.3 is 0 Å². The number of hydrogen-bond acceptors (Lipinski definition) is 3. The summed E-state index contributed by atoms with van der Waals surface area (Å²) >= 11 is 17.0. The van der Waals surface area contributed by atoms with Gasteiger partial charge in [0, 0.05) is 10.6 Å². The molecule has 2 aromatic carbocycles. The summed E-state index contributed by atoms with van der Waals surface area (Å²) in [6.45, 7) is 2.61. The second kappa shape index (κ2) is 8.87. The van der Waals surface area contributed by atoms with E-state index in [1.165, 1.54) is 0 Å². The first-order valence-electron chi connectivity index (χ1n) is 7.30. The molecule has 0 bridgehead atoms. The molecule has 2 rings (SSSR count). The monoisotopic (exact) mass is 382 g/mol. The Balaban J connectivity index is 1.99. The fourth-order valence-electron chi connectivity index (χ4n) is 1.87. The first kappa shape index (κ1) is 18.5. The van der Waals surface area contributed by atoms with Crippen LogP contribution < -0.4 is 15.4 Å². The molecular formula is C17H16Cl2N2O2S. The highest BCUT2D eigenvalue weighted by Crippen LogP contribution is 2.25. The summed E-state index contributed by atoms with van der Waals surface area (Å²) in [4.78, 5) is 12.3. The molecule has 0 aliphatic rings. The summed E-state index contributed by atoms with van der Waals surface area (Å²) in [5, 5.41) is 6.54. The molecule has 4 nitrogen and oxygen atoms in total. The molecule has 0 radical (unpaired) electrons. The number of halogens is 2. The smallest absolute Gasteiger partial charge is 0.257 e. The van der Waals surface area contributed by atoms with Crippen LogP contribution in [0.5, 0.6) is 5.75 Å². The van der Waals surface area contributed by atoms with Crippen LogP contribution in [0.25, 0.3) is 0 Å². The molecular weight excluding hydrogens is 367 g/mol. The van der Waals surface area contributed by atoms with Gasteiger partial charge in [0.15, 0.2) is 5.11 Å². The summed E-state index contributed by atoms with van der Waals surface area (Å²) in [5.74, 6) is 0.309. The number of thiocarbonyl (C=S) groups is 1. The molecule has 0 saturated heterocycles. The van der Waals surface area contributed by atoms with E-state index in [9.17, 15) is 4.79 Å². The van der Waals surface area contributed by atoms with Crippen LogP contribution >= 0.6 is 35.4 Å². The molecule has 2 aromatic rings. The topological polar surface area (TPSA) is 50.4 Å². The zero-order valence-corrected chi connectivity index (χ0v) is 15.3. The lowest BCUT2D eigenvalue weighted by molar-refractivity contribution is 0.0977. The van der Waals surface area contributed by atoms with Crippen molar-refractivity contribution in [2.75, 3.05) is 11.9 Å². The van der Waals surface area contributed by atoms with E-state index in [-0.39, 0.29) is 11.0 Å². The minimum Gasteiger partial charge on any atom is -0.494 e. The van der Waals surface area contributed by atoms with Crippen LogP contribution in [0.3, 0.4) is 0 Å². The lowest BCUT2D eigenvalue weighted by atomic mass is 10.2. The van der Waals surface area contributed by atoms with E-state index in [1.807, 2.05) is 6.92 Å². The van der Waals surface area contributed by atoms with E-state index in [2.05, 4.69) is 10.6 Å². The van der Waals surface area contributed by atoms with E-state index in [0.29, 0.717) is 33.7 Å². The number of carbonyl (C=O) groups excluding carboxylic acids is 1. The molecule has 1 amide bonds. The van der Waals surface area contributed by atoms with Gasteiger partial charge in [-0.1, -0.05) is 36.2 Å². The maximum atomic E-state index is 12.3.